The van der Waals surface area contributed by atoms with Crippen molar-refractivity contribution in [2.75, 3.05) is 39.3 Å². The fourth-order valence-corrected chi connectivity index (χ4v) is 3.34. The van der Waals surface area contributed by atoms with Crippen molar-refractivity contribution in [3.63, 3.8) is 0 Å². The third-order valence-electron chi connectivity index (χ3n) is 4.55. The smallest absolute Gasteiger partial charge is 0.225 e. The molecule has 3 fully saturated rings. The van der Waals surface area contributed by atoms with Crippen molar-refractivity contribution in [2.45, 2.75) is 31.7 Å². The van der Waals surface area contributed by atoms with E-state index in [9.17, 15) is 4.79 Å². The Labute approximate surface area is 103 Å². The predicted octanol–water partition coefficient (Wildman–Crippen LogP) is 0.293. The standard InChI is InChI=1S/C13H23N3O/c17-13(11-3-1-2-4-11)16-9-12(10-16)15-7-5-14-6-8-15/h11-12,14H,1-10H2. The molecular weight excluding hydrogens is 214 g/mol. The third-order valence-corrected chi connectivity index (χ3v) is 4.55. The molecule has 3 aliphatic rings. The van der Waals surface area contributed by atoms with Crippen LogP contribution in [0.1, 0.15) is 25.7 Å². The Bertz CT molecular complexity index is 276. The van der Waals surface area contributed by atoms with Gasteiger partial charge in [-0.15, -0.1) is 0 Å². The lowest BCUT2D eigenvalue weighted by atomic mass is 10.0. The van der Waals surface area contributed by atoms with Crippen molar-refractivity contribution >= 4 is 5.91 Å². The van der Waals surface area contributed by atoms with Crippen molar-refractivity contribution < 1.29 is 4.79 Å². The molecule has 4 heteroatoms. The summed E-state index contributed by atoms with van der Waals surface area (Å²) in [5, 5.41) is 3.37. The van der Waals surface area contributed by atoms with E-state index in [1.54, 1.807) is 0 Å². The van der Waals surface area contributed by atoms with Crippen molar-refractivity contribution in [1.29, 1.82) is 0 Å². The van der Waals surface area contributed by atoms with Gasteiger partial charge in [0.15, 0.2) is 0 Å². The molecule has 17 heavy (non-hydrogen) atoms. The van der Waals surface area contributed by atoms with Crippen molar-refractivity contribution in [2.24, 2.45) is 5.92 Å². The number of likely N-dealkylation sites (tertiary alicyclic amines) is 1. The van der Waals surface area contributed by atoms with Gasteiger partial charge in [-0.25, -0.2) is 0 Å². The molecular formula is C13H23N3O. The zero-order valence-corrected chi connectivity index (χ0v) is 10.5. The van der Waals surface area contributed by atoms with Crippen LogP contribution >= 0.6 is 0 Å². The van der Waals surface area contributed by atoms with Gasteiger partial charge in [0.2, 0.25) is 5.91 Å². The van der Waals surface area contributed by atoms with Crippen LogP contribution in [0.15, 0.2) is 0 Å². The highest BCUT2D eigenvalue weighted by Gasteiger charge is 2.38. The molecule has 2 heterocycles. The van der Waals surface area contributed by atoms with Crippen LogP contribution in [0.4, 0.5) is 0 Å². The largest absolute Gasteiger partial charge is 0.339 e. The Morgan fingerprint density at radius 3 is 2.35 bits per heavy atom. The van der Waals surface area contributed by atoms with Gasteiger partial charge < -0.3 is 10.2 Å². The minimum absolute atomic E-state index is 0.360. The SMILES string of the molecule is O=C(C1CCCC1)N1CC(N2CCNCC2)C1. The highest BCUT2D eigenvalue weighted by atomic mass is 16.2. The number of carbonyl (C=O) groups is 1. The molecule has 4 nitrogen and oxygen atoms in total. The molecule has 0 radical (unpaired) electrons. The zero-order chi connectivity index (χ0) is 11.7. The summed E-state index contributed by atoms with van der Waals surface area (Å²) in [6.45, 7) is 6.47. The second-order valence-corrected chi connectivity index (χ2v) is 5.66. The number of amides is 1. The molecule has 0 aromatic heterocycles. The molecule has 0 spiro atoms. The van der Waals surface area contributed by atoms with E-state index in [1.807, 2.05) is 0 Å². The third kappa shape index (κ3) is 2.33. The Morgan fingerprint density at radius 1 is 1.06 bits per heavy atom. The second kappa shape index (κ2) is 4.94. The molecule has 2 saturated heterocycles. The Kier molecular flexibility index (Phi) is 3.34. The number of rotatable bonds is 2. The molecule has 1 aliphatic carbocycles. The van der Waals surface area contributed by atoms with Gasteiger partial charge in [-0.3, -0.25) is 9.69 Å². The first-order valence-electron chi connectivity index (χ1n) is 7.08. The highest BCUT2D eigenvalue weighted by molar-refractivity contribution is 5.80. The summed E-state index contributed by atoms with van der Waals surface area (Å²) in [5.41, 5.74) is 0. The average Bonchev–Trinajstić information content (AvgIpc) is 2.81. The number of piperazine rings is 1. The normalized spacial score (nSPS) is 28.4. The van der Waals surface area contributed by atoms with Gasteiger partial charge in [-0.2, -0.15) is 0 Å². The molecule has 0 aromatic rings. The molecule has 1 saturated carbocycles. The van der Waals surface area contributed by atoms with Gasteiger partial charge in [0.05, 0.1) is 0 Å². The quantitative estimate of drug-likeness (QED) is 0.750. The maximum absolute atomic E-state index is 12.2. The summed E-state index contributed by atoms with van der Waals surface area (Å²) in [6, 6.07) is 0.641. The molecule has 3 rings (SSSR count). The van der Waals surface area contributed by atoms with E-state index in [4.69, 9.17) is 0 Å². The molecule has 0 unspecified atom stereocenters. The van der Waals surface area contributed by atoms with E-state index in [2.05, 4.69) is 15.1 Å². The first kappa shape index (κ1) is 11.5. The van der Waals surface area contributed by atoms with E-state index in [1.165, 1.54) is 12.8 Å². The van der Waals surface area contributed by atoms with Gasteiger partial charge >= 0.3 is 0 Å². The van der Waals surface area contributed by atoms with Crippen LogP contribution in [0.25, 0.3) is 0 Å². The summed E-state index contributed by atoms with van der Waals surface area (Å²) >= 11 is 0. The Hall–Kier alpha value is -0.610. The topological polar surface area (TPSA) is 35.6 Å². The summed E-state index contributed by atoms with van der Waals surface area (Å²) < 4.78 is 0. The second-order valence-electron chi connectivity index (χ2n) is 5.66. The van der Waals surface area contributed by atoms with E-state index >= 15 is 0 Å². The summed E-state index contributed by atoms with van der Waals surface area (Å²) in [7, 11) is 0. The predicted molar refractivity (Wildman–Crippen MR) is 66.8 cm³/mol. The molecule has 0 atom stereocenters. The van der Waals surface area contributed by atoms with Crippen LogP contribution in [0.3, 0.4) is 0 Å². The van der Waals surface area contributed by atoms with Gasteiger partial charge in [0.25, 0.3) is 0 Å². The van der Waals surface area contributed by atoms with E-state index in [-0.39, 0.29) is 0 Å². The molecule has 2 aliphatic heterocycles. The summed E-state index contributed by atoms with van der Waals surface area (Å²) in [5.74, 6) is 0.799. The van der Waals surface area contributed by atoms with Crippen LogP contribution in [0, 0.1) is 5.92 Å². The number of hydrogen-bond acceptors (Lipinski definition) is 3. The van der Waals surface area contributed by atoms with Crippen LogP contribution < -0.4 is 5.32 Å². The molecule has 1 amide bonds. The van der Waals surface area contributed by atoms with Gasteiger partial charge in [0.1, 0.15) is 0 Å². The summed E-state index contributed by atoms with van der Waals surface area (Å²) in [4.78, 5) is 16.8. The molecule has 96 valence electrons. The Balaban J connectivity index is 1.45. The minimum Gasteiger partial charge on any atom is -0.339 e. The number of nitrogens with zero attached hydrogens (tertiary/aromatic N) is 2. The van der Waals surface area contributed by atoms with Crippen LogP contribution in [0.5, 0.6) is 0 Å². The number of nitrogens with one attached hydrogen (secondary N) is 1. The lowest BCUT2D eigenvalue weighted by molar-refractivity contribution is -0.143. The monoisotopic (exact) mass is 237 g/mol. The zero-order valence-electron chi connectivity index (χ0n) is 10.5. The lowest BCUT2D eigenvalue weighted by Gasteiger charge is -2.47. The fraction of sp³-hybridized carbons (Fsp3) is 0.923. The van der Waals surface area contributed by atoms with Crippen molar-refractivity contribution in [1.82, 2.24) is 15.1 Å². The average molecular weight is 237 g/mol. The van der Waals surface area contributed by atoms with E-state index in [0.717, 1.165) is 52.1 Å². The lowest BCUT2D eigenvalue weighted by Crippen LogP contribution is -2.64. The van der Waals surface area contributed by atoms with Crippen molar-refractivity contribution in [3.05, 3.63) is 0 Å². The first-order valence-corrected chi connectivity index (χ1v) is 7.08. The van der Waals surface area contributed by atoms with Crippen LogP contribution in [0.2, 0.25) is 0 Å². The van der Waals surface area contributed by atoms with Crippen LogP contribution in [-0.4, -0.2) is 61.0 Å². The van der Waals surface area contributed by atoms with Gasteiger partial charge in [0, 0.05) is 51.2 Å². The maximum Gasteiger partial charge on any atom is 0.225 e. The highest BCUT2D eigenvalue weighted by Crippen LogP contribution is 2.28. The minimum atomic E-state index is 0.360. The number of carbonyl (C=O) groups excluding carboxylic acids is 1. The maximum atomic E-state index is 12.2. The molecule has 0 bridgehead atoms. The Morgan fingerprint density at radius 2 is 1.71 bits per heavy atom. The van der Waals surface area contributed by atoms with E-state index in [0.29, 0.717) is 17.9 Å². The fourth-order valence-electron chi connectivity index (χ4n) is 3.34. The molecule has 0 aromatic carbocycles. The van der Waals surface area contributed by atoms with E-state index < -0.39 is 0 Å². The van der Waals surface area contributed by atoms with Gasteiger partial charge in [-0.1, -0.05) is 12.8 Å². The van der Waals surface area contributed by atoms with Crippen molar-refractivity contribution in [3.8, 4) is 0 Å². The number of hydrogen-bond donors (Lipinski definition) is 1. The van der Waals surface area contributed by atoms with Gasteiger partial charge in [-0.05, 0) is 12.8 Å². The molecule has 1 N–H and O–H groups in total. The van der Waals surface area contributed by atoms with Crippen LogP contribution in [-0.2, 0) is 4.79 Å². The summed E-state index contributed by atoms with van der Waals surface area (Å²) in [6.07, 6.45) is 4.78. The first-order chi connectivity index (χ1) is 8.34.